The average Bonchev–Trinajstić information content (AvgIpc) is 2.57. The van der Waals surface area contributed by atoms with Gasteiger partial charge in [0.2, 0.25) is 5.91 Å². The molecule has 0 atom stereocenters. The molecule has 25 heavy (non-hydrogen) atoms. The number of esters is 1. The minimum atomic E-state index is -0.901. The van der Waals surface area contributed by atoms with Crippen LogP contribution in [0, 0.1) is 0 Å². The monoisotopic (exact) mass is 368 g/mol. The number of hydrogen-bond acceptors (Lipinski definition) is 7. The first-order chi connectivity index (χ1) is 11.8. The van der Waals surface area contributed by atoms with E-state index in [9.17, 15) is 19.2 Å². The number of ether oxygens (including phenoxy) is 2. The van der Waals surface area contributed by atoms with Gasteiger partial charge >= 0.3 is 12.1 Å². The lowest BCUT2D eigenvalue weighted by molar-refractivity contribution is -0.126. The minimum Gasteiger partial charge on any atom is -0.452 e. The summed E-state index contributed by atoms with van der Waals surface area (Å²) in [6, 6.07) is 6.59. The van der Waals surface area contributed by atoms with Gasteiger partial charge in [0.15, 0.2) is 6.61 Å². The molecule has 9 heteroatoms. The summed E-state index contributed by atoms with van der Waals surface area (Å²) in [5.41, 5.74) is 0.239. The number of rotatable bonds is 7. The van der Waals surface area contributed by atoms with Crippen LogP contribution in [-0.2, 0) is 19.1 Å². The standard InChI is InChI=1S/C16H20N2O6S/c1-4-23-16(22)17-13(19)9-24-15(21)11-7-5-6-8-12(11)25-10-14(20)18(2)3/h5-8H,4,9-10H2,1-3H3,(H,17,19,22). The highest BCUT2D eigenvalue weighted by Crippen LogP contribution is 2.23. The van der Waals surface area contributed by atoms with Crippen molar-refractivity contribution in [3.63, 3.8) is 0 Å². The molecule has 0 aliphatic carbocycles. The van der Waals surface area contributed by atoms with Gasteiger partial charge in [-0.1, -0.05) is 12.1 Å². The molecule has 0 aliphatic heterocycles. The van der Waals surface area contributed by atoms with Gasteiger partial charge < -0.3 is 14.4 Å². The van der Waals surface area contributed by atoms with Crippen molar-refractivity contribution >= 4 is 35.6 Å². The van der Waals surface area contributed by atoms with Gasteiger partial charge in [0.1, 0.15) is 0 Å². The number of imide groups is 1. The number of amides is 3. The summed E-state index contributed by atoms with van der Waals surface area (Å²) in [6.07, 6.45) is -0.901. The van der Waals surface area contributed by atoms with Crippen molar-refractivity contribution in [1.82, 2.24) is 10.2 Å². The highest BCUT2D eigenvalue weighted by molar-refractivity contribution is 8.00. The predicted molar refractivity (Wildman–Crippen MR) is 91.3 cm³/mol. The molecule has 1 aromatic rings. The molecule has 0 bridgehead atoms. The third kappa shape index (κ3) is 7.25. The number of nitrogens with one attached hydrogen (secondary N) is 1. The van der Waals surface area contributed by atoms with Crippen LogP contribution in [0.5, 0.6) is 0 Å². The number of thioether (sulfide) groups is 1. The Hall–Kier alpha value is -2.55. The molecule has 0 spiro atoms. The Morgan fingerprint density at radius 1 is 1.12 bits per heavy atom. The molecule has 0 radical (unpaired) electrons. The smallest absolute Gasteiger partial charge is 0.413 e. The molecule has 136 valence electrons. The van der Waals surface area contributed by atoms with Gasteiger partial charge in [-0.05, 0) is 19.1 Å². The lowest BCUT2D eigenvalue weighted by atomic mass is 10.2. The molecule has 0 fully saturated rings. The molecule has 0 saturated carbocycles. The maximum absolute atomic E-state index is 12.1. The Labute approximate surface area is 149 Å². The molecular formula is C16H20N2O6S. The maximum atomic E-state index is 12.1. The summed E-state index contributed by atoms with van der Waals surface area (Å²) < 4.78 is 9.44. The van der Waals surface area contributed by atoms with Crippen molar-refractivity contribution in [1.29, 1.82) is 0 Å². The van der Waals surface area contributed by atoms with Gasteiger partial charge in [-0.15, -0.1) is 11.8 Å². The van der Waals surface area contributed by atoms with E-state index in [0.29, 0.717) is 4.90 Å². The van der Waals surface area contributed by atoms with Crippen LogP contribution in [0.4, 0.5) is 4.79 Å². The van der Waals surface area contributed by atoms with Gasteiger partial charge in [0.05, 0.1) is 17.9 Å². The second-order valence-electron chi connectivity index (χ2n) is 4.92. The largest absolute Gasteiger partial charge is 0.452 e. The Morgan fingerprint density at radius 3 is 2.44 bits per heavy atom. The lowest BCUT2D eigenvalue weighted by Crippen LogP contribution is -2.34. The van der Waals surface area contributed by atoms with Crippen molar-refractivity contribution in [3.05, 3.63) is 29.8 Å². The van der Waals surface area contributed by atoms with Crippen LogP contribution in [0.3, 0.4) is 0 Å². The highest BCUT2D eigenvalue weighted by atomic mass is 32.2. The van der Waals surface area contributed by atoms with Crippen LogP contribution in [0.15, 0.2) is 29.2 Å². The van der Waals surface area contributed by atoms with Crippen LogP contribution in [-0.4, -0.2) is 61.8 Å². The van der Waals surface area contributed by atoms with Crippen LogP contribution >= 0.6 is 11.8 Å². The Morgan fingerprint density at radius 2 is 1.80 bits per heavy atom. The van der Waals surface area contributed by atoms with E-state index < -0.39 is 24.6 Å². The highest BCUT2D eigenvalue weighted by Gasteiger charge is 2.17. The molecule has 3 amide bonds. The molecule has 0 unspecified atom stereocenters. The van der Waals surface area contributed by atoms with E-state index in [-0.39, 0.29) is 23.8 Å². The first-order valence-electron chi connectivity index (χ1n) is 7.40. The van der Waals surface area contributed by atoms with Crippen LogP contribution in [0.25, 0.3) is 0 Å². The van der Waals surface area contributed by atoms with E-state index in [0.717, 1.165) is 0 Å². The molecule has 1 rings (SSSR count). The van der Waals surface area contributed by atoms with Crippen molar-refractivity contribution in [2.24, 2.45) is 0 Å². The van der Waals surface area contributed by atoms with Crippen molar-refractivity contribution in [2.45, 2.75) is 11.8 Å². The lowest BCUT2D eigenvalue weighted by Gasteiger charge is -2.12. The van der Waals surface area contributed by atoms with Crippen molar-refractivity contribution in [3.8, 4) is 0 Å². The van der Waals surface area contributed by atoms with Gasteiger partial charge in [-0.25, -0.2) is 9.59 Å². The molecule has 0 aromatic heterocycles. The maximum Gasteiger partial charge on any atom is 0.413 e. The molecular weight excluding hydrogens is 348 g/mol. The third-order valence-corrected chi connectivity index (χ3v) is 3.87. The van der Waals surface area contributed by atoms with Crippen LogP contribution < -0.4 is 5.32 Å². The molecule has 1 N–H and O–H groups in total. The van der Waals surface area contributed by atoms with Gasteiger partial charge in [-0.2, -0.15) is 0 Å². The quantitative estimate of drug-likeness (QED) is 0.571. The second-order valence-corrected chi connectivity index (χ2v) is 5.93. The van der Waals surface area contributed by atoms with E-state index in [4.69, 9.17) is 4.74 Å². The second kappa shape index (κ2) is 10.3. The molecule has 8 nitrogen and oxygen atoms in total. The SMILES string of the molecule is CCOC(=O)NC(=O)COC(=O)c1ccccc1SCC(=O)N(C)C. The summed E-state index contributed by atoms with van der Waals surface area (Å²) >= 11 is 1.20. The Bertz CT molecular complexity index is 647. The van der Waals surface area contributed by atoms with Gasteiger partial charge in [-0.3, -0.25) is 14.9 Å². The van der Waals surface area contributed by atoms with Gasteiger partial charge in [0.25, 0.3) is 5.91 Å². The number of carbonyl (C=O) groups excluding carboxylic acids is 4. The van der Waals surface area contributed by atoms with Crippen molar-refractivity contribution < 1.29 is 28.7 Å². The topological polar surface area (TPSA) is 102 Å². The summed E-state index contributed by atoms with van der Waals surface area (Å²) in [6.45, 7) is 1.10. The summed E-state index contributed by atoms with van der Waals surface area (Å²) in [4.78, 5) is 48.4. The van der Waals surface area contributed by atoms with E-state index in [1.54, 1.807) is 39.2 Å². The van der Waals surface area contributed by atoms with Crippen LogP contribution in [0.1, 0.15) is 17.3 Å². The van der Waals surface area contributed by atoms with E-state index >= 15 is 0 Å². The zero-order chi connectivity index (χ0) is 18.8. The molecule has 0 heterocycles. The number of carbonyl (C=O) groups is 4. The molecule has 0 aliphatic rings. The van der Waals surface area contributed by atoms with Gasteiger partial charge in [0, 0.05) is 19.0 Å². The fourth-order valence-corrected chi connectivity index (χ4v) is 2.57. The Balaban J connectivity index is 2.62. The average molecular weight is 368 g/mol. The van der Waals surface area contributed by atoms with Crippen LogP contribution in [0.2, 0.25) is 0 Å². The number of alkyl carbamates (subject to hydrolysis) is 1. The first-order valence-corrected chi connectivity index (χ1v) is 8.39. The summed E-state index contributed by atoms with van der Waals surface area (Å²) in [7, 11) is 3.29. The normalized spacial score (nSPS) is 9.88. The number of hydrogen-bond donors (Lipinski definition) is 1. The number of benzene rings is 1. The molecule has 0 saturated heterocycles. The van der Waals surface area contributed by atoms with Crippen molar-refractivity contribution in [2.75, 3.05) is 33.1 Å². The third-order valence-electron chi connectivity index (χ3n) is 2.81. The van der Waals surface area contributed by atoms with E-state index in [2.05, 4.69) is 4.74 Å². The van der Waals surface area contributed by atoms with E-state index in [1.165, 1.54) is 22.7 Å². The summed E-state index contributed by atoms with van der Waals surface area (Å²) in [5.74, 6) is -1.44. The van der Waals surface area contributed by atoms with E-state index in [1.807, 2.05) is 5.32 Å². The minimum absolute atomic E-state index is 0.0954. The molecule has 1 aromatic carbocycles. The Kier molecular flexibility index (Phi) is 8.48. The fraction of sp³-hybridized carbons (Fsp3) is 0.375. The zero-order valence-electron chi connectivity index (χ0n) is 14.2. The predicted octanol–water partition coefficient (Wildman–Crippen LogP) is 1.30. The fourth-order valence-electron chi connectivity index (χ4n) is 1.56. The number of nitrogens with zero attached hydrogens (tertiary/aromatic N) is 1. The first kappa shape index (κ1) is 20.5. The summed E-state index contributed by atoms with van der Waals surface area (Å²) in [5, 5.41) is 1.92. The zero-order valence-corrected chi connectivity index (χ0v) is 15.1.